The van der Waals surface area contributed by atoms with Gasteiger partial charge in [0.15, 0.2) is 0 Å². The van der Waals surface area contributed by atoms with E-state index in [4.69, 9.17) is 4.74 Å². The minimum Gasteiger partial charge on any atom is -0.494 e. The first kappa shape index (κ1) is 14.8. The van der Waals surface area contributed by atoms with Crippen LogP contribution in [0.4, 0.5) is 5.69 Å². The Morgan fingerprint density at radius 3 is 2.71 bits per heavy atom. The summed E-state index contributed by atoms with van der Waals surface area (Å²) < 4.78 is 5.82. The van der Waals surface area contributed by atoms with Crippen LogP contribution in [-0.2, 0) is 4.79 Å². The molecule has 24 heavy (non-hydrogen) atoms. The number of hydrogen-bond acceptors (Lipinski definition) is 2. The van der Waals surface area contributed by atoms with E-state index in [1.165, 1.54) is 16.3 Å². The standard InChI is InChI=1S/C21H19NO2/c1-2-24-19-10-6-5-9-16(19)17-13-20(23)22-18-12-11-14-7-3-4-8-15(14)21(17)18/h3-12,17H,2,13H2,1H3,(H,22,23)/t17-/m1/s1. The molecule has 120 valence electrons. The second kappa shape index (κ2) is 6.00. The van der Waals surface area contributed by atoms with Crippen LogP contribution in [0.3, 0.4) is 0 Å². The third-order valence-electron chi connectivity index (χ3n) is 4.58. The number of carbonyl (C=O) groups is 1. The Hall–Kier alpha value is -2.81. The Kier molecular flexibility index (Phi) is 3.69. The van der Waals surface area contributed by atoms with Crippen LogP contribution in [0.5, 0.6) is 5.75 Å². The molecule has 1 N–H and O–H groups in total. The minimum atomic E-state index is 0.00241. The molecule has 0 saturated carbocycles. The molecule has 1 aliphatic heterocycles. The number of nitrogens with one attached hydrogen (secondary N) is 1. The van der Waals surface area contributed by atoms with Crippen molar-refractivity contribution in [1.29, 1.82) is 0 Å². The lowest BCUT2D eigenvalue weighted by atomic mass is 9.81. The molecule has 3 nitrogen and oxygen atoms in total. The lowest BCUT2D eigenvalue weighted by Gasteiger charge is -2.28. The maximum Gasteiger partial charge on any atom is 0.225 e. The van der Waals surface area contributed by atoms with Gasteiger partial charge in [-0.25, -0.2) is 0 Å². The van der Waals surface area contributed by atoms with E-state index in [1.54, 1.807) is 0 Å². The average Bonchev–Trinajstić information content (AvgIpc) is 2.61. The first-order chi connectivity index (χ1) is 11.8. The van der Waals surface area contributed by atoms with Gasteiger partial charge in [0, 0.05) is 23.6 Å². The Morgan fingerprint density at radius 2 is 1.83 bits per heavy atom. The summed E-state index contributed by atoms with van der Waals surface area (Å²) in [6.45, 7) is 2.59. The van der Waals surface area contributed by atoms with E-state index in [0.717, 1.165) is 17.0 Å². The highest BCUT2D eigenvalue weighted by molar-refractivity contribution is 6.01. The quantitative estimate of drug-likeness (QED) is 0.759. The first-order valence-electron chi connectivity index (χ1n) is 8.31. The zero-order valence-electron chi connectivity index (χ0n) is 13.6. The average molecular weight is 317 g/mol. The number of amides is 1. The normalized spacial score (nSPS) is 16.5. The summed E-state index contributed by atoms with van der Waals surface area (Å²) in [5, 5.41) is 5.40. The summed E-state index contributed by atoms with van der Waals surface area (Å²) in [5.41, 5.74) is 3.16. The molecular formula is C21H19NO2. The molecule has 0 spiro atoms. The van der Waals surface area contributed by atoms with Gasteiger partial charge in [0.1, 0.15) is 5.75 Å². The Labute approximate surface area is 141 Å². The molecule has 3 aromatic rings. The summed E-state index contributed by atoms with van der Waals surface area (Å²) >= 11 is 0. The maximum atomic E-state index is 12.3. The Bertz CT molecular complexity index is 917. The molecule has 1 atom stereocenters. The number of para-hydroxylation sites is 1. The van der Waals surface area contributed by atoms with Crippen molar-refractivity contribution >= 4 is 22.4 Å². The van der Waals surface area contributed by atoms with Crippen LogP contribution in [-0.4, -0.2) is 12.5 Å². The van der Waals surface area contributed by atoms with Crippen LogP contribution in [0, 0.1) is 0 Å². The van der Waals surface area contributed by atoms with E-state index >= 15 is 0 Å². The molecule has 0 saturated heterocycles. The van der Waals surface area contributed by atoms with E-state index in [-0.39, 0.29) is 11.8 Å². The van der Waals surface area contributed by atoms with Crippen molar-refractivity contribution in [2.24, 2.45) is 0 Å². The Morgan fingerprint density at radius 1 is 1.04 bits per heavy atom. The van der Waals surface area contributed by atoms with E-state index in [9.17, 15) is 4.79 Å². The third kappa shape index (κ3) is 2.42. The summed E-state index contributed by atoms with van der Waals surface area (Å²) in [6, 6.07) is 20.4. The van der Waals surface area contributed by atoms with E-state index in [0.29, 0.717) is 13.0 Å². The second-order valence-electron chi connectivity index (χ2n) is 6.02. The molecular weight excluding hydrogens is 298 g/mol. The van der Waals surface area contributed by atoms with Gasteiger partial charge in [0.2, 0.25) is 5.91 Å². The minimum absolute atomic E-state index is 0.00241. The molecule has 0 fully saturated rings. The van der Waals surface area contributed by atoms with Crippen LogP contribution < -0.4 is 10.1 Å². The molecule has 4 rings (SSSR count). The lowest BCUT2D eigenvalue weighted by Crippen LogP contribution is -2.24. The highest BCUT2D eigenvalue weighted by Crippen LogP contribution is 2.44. The van der Waals surface area contributed by atoms with Crippen LogP contribution >= 0.6 is 0 Å². The van der Waals surface area contributed by atoms with Crippen LogP contribution in [0.25, 0.3) is 10.8 Å². The molecule has 0 radical (unpaired) electrons. The van der Waals surface area contributed by atoms with Gasteiger partial charge in [-0.1, -0.05) is 48.5 Å². The molecule has 3 heteroatoms. The molecule has 0 unspecified atom stereocenters. The zero-order valence-corrected chi connectivity index (χ0v) is 13.6. The lowest BCUT2D eigenvalue weighted by molar-refractivity contribution is -0.116. The fraction of sp³-hybridized carbons (Fsp3) is 0.190. The monoisotopic (exact) mass is 317 g/mol. The molecule has 1 aliphatic rings. The summed E-state index contributed by atoms with van der Waals surface area (Å²) in [6.07, 6.45) is 0.436. The van der Waals surface area contributed by atoms with Crippen LogP contribution in [0.15, 0.2) is 60.7 Å². The highest BCUT2D eigenvalue weighted by Gasteiger charge is 2.30. The third-order valence-corrected chi connectivity index (χ3v) is 4.58. The number of carbonyl (C=O) groups excluding carboxylic acids is 1. The largest absolute Gasteiger partial charge is 0.494 e. The van der Waals surface area contributed by atoms with E-state index in [1.807, 2.05) is 43.3 Å². The number of fused-ring (bicyclic) bond motifs is 3. The van der Waals surface area contributed by atoms with E-state index < -0.39 is 0 Å². The van der Waals surface area contributed by atoms with E-state index in [2.05, 4.69) is 29.6 Å². The van der Waals surface area contributed by atoms with Crippen molar-refractivity contribution in [3.63, 3.8) is 0 Å². The van der Waals surface area contributed by atoms with Gasteiger partial charge >= 0.3 is 0 Å². The van der Waals surface area contributed by atoms with Crippen molar-refractivity contribution in [2.45, 2.75) is 19.3 Å². The maximum absolute atomic E-state index is 12.3. The van der Waals surface area contributed by atoms with Gasteiger partial charge in [-0.05, 0) is 35.4 Å². The highest BCUT2D eigenvalue weighted by atomic mass is 16.5. The number of hydrogen-bond donors (Lipinski definition) is 1. The fourth-order valence-electron chi connectivity index (χ4n) is 3.59. The van der Waals surface area contributed by atoms with Crippen molar-refractivity contribution in [2.75, 3.05) is 11.9 Å². The number of anilines is 1. The molecule has 0 bridgehead atoms. The van der Waals surface area contributed by atoms with Crippen molar-refractivity contribution < 1.29 is 9.53 Å². The van der Waals surface area contributed by atoms with Gasteiger partial charge in [-0.2, -0.15) is 0 Å². The number of rotatable bonds is 3. The smallest absolute Gasteiger partial charge is 0.225 e. The summed E-state index contributed by atoms with van der Waals surface area (Å²) in [4.78, 5) is 12.3. The van der Waals surface area contributed by atoms with Crippen molar-refractivity contribution in [3.05, 3.63) is 71.8 Å². The topological polar surface area (TPSA) is 38.3 Å². The van der Waals surface area contributed by atoms with Crippen LogP contribution in [0.2, 0.25) is 0 Å². The summed E-state index contributed by atoms with van der Waals surface area (Å²) in [5.74, 6) is 0.912. The SMILES string of the molecule is CCOc1ccccc1[C@H]1CC(=O)Nc2ccc3ccccc3c21. The van der Waals surface area contributed by atoms with Gasteiger partial charge in [0.05, 0.1) is 6.61 Å². The van der Waals surface area contributed by atoms with Crippen molar-refractivity contribution in [3.8, 4) is 5.75 Å². The molecule has 1 heterocycles. The van der Waals surface area contributed by atoms with Gasteiger partial charge in [0.25, 0.3) is 0 Å². The van der Waals surface area contributed by atoms with Gasteiger partial charge in [-0.15, -0.1) is 0 Å². The molecule has 1 amide bonds. The molecule has 3 aromatic carbocycles. The summed E-state index contributed by atoms with van der Waals surface area (Å²) in [7, 11) is 0. The van der Waals surface area contributed by atoms with Crippen LogP contribution in [0.1, 0.15) is 30.4 Å². The fourth-order valence-corrected chi connectivity index (χ4v) is 3.59. The van der Waals surface area contributed by atoms with Gasteiger partial charge in [-0.3, -0.25) is 4.79 Å². The second-order valence-corrected chi connectivity index (χ2v) is 6.02. The number of ether oxygens (including phenoxy) is 1. The Balaban J connectivity index is 1.96. The predicted molar refractivity (Wildman–Crippen MR) is 96.6 cm³/mol. The van der Waals surface area contributed by atoms with Gasteiger partial charge < -0.3 is 10.1 Å². The van der Waals surface area contributed by atoms with Crippen molar-refractivity contribution in [1.82, 2.24) is 0 Å². The predicted octanol–water partition coefficient (Wildman–Crippen LogP) is 4.71. The molecule has 0 aromatic heterocycles. The molecule has 0 aliphatic carbocycles. The zero-order chi connectivity index (χ0) is 16.5. The number of benzene rings is 3. The first-order valence-corrected chi connectivity index (χ1v) is 8.31.